The van der Waals surface area contributed by atoms with Crippen LogP contribution in [0.3, 0.4) is 0 Å². The molecule has 0 saturated carbocycles. The lowest BCUT2D eigenvalue weighted by Crippen LogP contribution is -2.52. The predicted molar refractivity (Wildman–Crippen MR) is 116 cm³/mol. The largest absolute Gasteiger partial charge is 0.356 e. The zero-order valence-electron chi connectivity index (χ0n) is 17.9. The van der Waals surface area contributed by atoms with Crippen molar-refractivity contribution in [3.8, 4) is 0 Å². The van der Waals surface area contributed by atoms with Gasteiger partial charge in [0.1, 0.15) is 12.1 Å². The van der Waals surface area contributed by atoms with Crippen LogP contribution in [0.25, 0.3) is 5.65 Å². The maximum absolute atomic E-state index is 13.1. The van der Waals surface area contributed by atoms with Crippen molar-refractivity contribution in [1.82, 2.24) is 33.6 Å². The Balaban J connectivity index is 1.16. The van der Waals surface area contributed by atoms with Gasteiger partial charge >= 0.3 is 0 Å². The van der Waals surface area contributed by atoms with Crippen LogP contribution >= 0.6 is 0 Å². The van der Waals surface area contributed by atoms with E-state index in [0.29, 0.717) is 36.7 Å². The first-order valence-corrected chi connectivity index (χ1v) is 12.2. The van der Waals surface area contributed by atoms with Gasteiger partial charge < -0.3 is 14.4 Å². The summed E-state index contributed by atoms with van der Waals surface area (Å²) < 4.78 is 30.4. The molecule has 2 aliphatic rings. The Morgan fingerprint density at radius 1 is 1.03 bits per heavy atom. The van der Waals surface area contributed by atoms with Crippen LogP contribution in [0, 0.1) is 5.92 Å². The highest BCUT2D eigenvalue weighted by Gasteiger charge is 2.34. The molecule has 0 bridgehead atoms. The van der Waals surface area contributed by atoms with Gasteiger partial charge in [-0.05, 0) is 31.0 Å². The number of sulfonamides is 1. The predicted octanol–water partition coefficient (Wildman–Crippen LogP) is 0.212. The molecule has 32 heavy (non-hydrogen) atoms. The molecule has 2 fully saturated rings. The number of carbonyl (C=O) groups excluding carboxylic acids is 1. The normalized spacial score (nSPS) is 19.0. The number of rotatable bonds is 4. The van der Waals surface area contributed by atoms with Gasteiger partial charge in [0.25, 0.3) is 0 Å². The molecule has 170 valence electrons. The topological polar surface area (TPSA) is 109 Å². The summed E-state index contributed by atoms with van der Waals surface area (Å²) in [4.78, 5) is 17.4. The van der Waals surface area contributed by atoms with Crippen molar-refractivity contribution in [3.63, 3.8) is 0 Å². The molecule has 5 rings (SSSR count). The Morgan fingerprint density at radius 3 is 2.47 bits per heavy atom. The number of aromatic nitrogens is 5. The number of hydrogen-bond acceptors (Lipinski definition) is 7. The molecule has 2 aliphatic heterocycles. The summed E-state index contributed by atoms with van der Waals surface area (Å²) in [5, 5.41) is 12.4. The van der Waals surface area contributed by atoms with Crippen LogP contribution in [0.5, 0.6) is 0 Å². The molecular formula is C20H26N8O3S. The van der Waals surface area contributed by atoms with Gasteiger partial charge in [0.15, 0.2) is 5.65 Å². The van der Waals surface area contributed by atoms with E-state index in [2.05, 4.69) is 20.2 Å². The van der Waals surface area contributed by atoms with Gasteiger partial charge in [-0.15, -0.1) is 15.3 Å². The summed E-state index contributed by atoms with van der Waals surface area (Å²) >= 11 is 0. The Labute approximate surface area is 186 Å². The van der Waals surface area contributed by atoms with Gasteiger partial charge in [-0.2, -0.15) is 8.82 Å². The van der Waals surface area contributed by atoms with E-state index in [-0.39, 0.29) is 11.8 Å². The van der Waals surface area contributed by atoms with Crippen LogP contribution in [0.2, 0.25) is 0 Å². The highest BCUT2D eigenvalue weighted by molar-refractivity contribution is 7.89. The molecule has 2 saturated heterocycles. The Kier molecular flexibility index (Phi) is 5.33. The van der Waals surface area contributed by atoms with Crippen LogP contribution in [0.4, 0.5) is 5.82 Å². The summed E-state index contributed by atoms with van der Waals surface area (Å²) in [5.74, 6) is 0.939. The minimum atomic E-state index is -3.51. The van der Waals surface area contributed by atoms with Crippen LogP contribution < -0.4 is 4.90 Å². The molecule has 11 nitrogen and oxygen atoms in total. The van der Waals surface area contributed by atoms with Crippen LogP contribution in [0.15, 0.2) is 41.8 Å². The van der Waals surface area contributed by atoms with Crippen molar-refractivity contribution in [2.45, 2.75) is 17.7 Å². The highest BCUT2D eigenvalue weighted by atomic mass is 32.2. The summed E-state index contributed by atoms with van der Waals surface area (Å²) in [5.41, 5.74) is 0.701. The maximum atomic E-state index is 13.1. The van der Waals surface area contributed by atoms with E-state index in [9.17, 15) is 13.2 Å². The third-order valence-electron chi connectivity index (χ3n) is 6.31. The number of carbonyl (C=O) groups is 1. The smallest absolute Gasteiger partial charge is 0.244 e. The van der Waals surface area contributed by atoms with Gasteiger partial charge in [0, 0.05) is 64.6 Å². The summed E-state index contributed by atoms with van der Waals surface area (Å²) in [6.45, 7) is 3.00. The molecule has 0 unspecified atom stereocenters. The first-order chi connectivity index (χ1) is 15.4. The number of nitrogens with zero attached hydrogens (tertiary/aromatic N) is 8. The van der Waals surface area contributed by atoms with Crippen LogP contribution in [-0.4, -0.2) is 87.2 Å². The number of anilines is 1. The Hall–Kier alpha value is -2.99. The van der Waals surface area contributed by atoms with Gasteiger partial charge in [-0.3, -0.25) is 4.79 Å². The standard InChI is InChI=1S/C20H26N8O3S/c1-24-7-6-17(14-24)32(30,31)27-12-10-26(11-13-27)20(29)16-4-8-25(9-5-16)19-3-2-18-22-21-15-28(18)23-19/h2-3,6-7,14-16H,4-5,8-13H2,1H3. The molecule has 0 spiro atoms. The minimum absolute atomic E-state index is 0.0397. The summed E-state index contributed by atoms with van der Waals surface area (Å²) in [6.07, 6.45) is 6.41. The number of hydrogen-bond donors (Lipinski definition) is 0. The molecule has 0 radical (unpaired) electrons. The van der Waals surface area contributed by atoms with E-state index in [1.165, 1.54) is 4.31 Å². The van der Waals surface area contributed by atoms with Gasteiger partial charge in [-0.25, -0.2) is 8.42 Å². The number of piperazine rings is 1. The number of aryl methyl sites for hydroxylation is 1. The van der Waals surface area contributed by atoms with Gasteiger partial charge in [-0.1, -0.05) is 0 Å². The maximum Gasteiger partial charge on any atom is 0.244 e. The third kappa shape index (κ3) is 3.84. The average Bonchev–Trinajstić information content (AvgIpc) is 3.47. The van der Waals surface area contributed by atoms with Crippen molar-refractivity contribution in [1.29, 1.82) is 0 Å². The second-order valence-corrected chi connectivity index (χ2v) is 10.3. The SMILES string of the molecule is Cn1ccc(S(=O)(=O)N2CCN(C(=O)C3CCN(c4ccc5nncn5n4)CC3)CC2)c1. The van der Waals surface area contributed by atoms with Crippen molar-refractivity contribution >= 4 is 27.4 Å². The fourth-order valence-corrected chi connectivity index (χ4v) is 5.90. The zero-order valence-corrected chi connectivity index (χ0v) is 18.7. The minimum Gasteiger partial charge on any atom is -0.356 e. The molecule has 3 aromatic rings. The van der Waals surface area contributed by atoms with Crippen LogP contribution in [0.1, 0.15) is 12.8 Å². The lowest BCUT2D eigenvalue weighted by molar-refractivity contribution is -0.137. The zero-order chi connectivity index (χ0) is 22.3. The molecule has 0 atom stereocenters. The fourth-order valence-electron chi connectivity index (χ4n) is 4.43. The third-order valence-corrected chi connectivity index (χ3v) is 8.19. The van der Waals surface area contributed by atoms with Crippen molar-refractivity contribution in [2.24, 2.45) is 13.0 Å². The Bertz CT molecular complexity index is 1220. The molecular weight excluding hydrogens is 432 g/mol. The Morgan fingerprint density at radius 2 is 1.78 bits per heavy atom. The molecule has 0 aromatic carbocycles. The lowest BCUT2D eigenvalue weighted by Gasteiger charge is -2.38. The van der Waals surface area contributed by atoms with Crippen LogP contribution in [-0.2, 0) is 21.9 Å². The summed E-state index contributed by atoms with van der Waals surface area (Å²) in [7, 11) is -1.72. The lowest BCUT2D eigenvalue weighted by atomic mass is 9.95. The van der Waals surface area contributed by atoms with E-state index in [1.54, 1.807) is 40.9 Å². The number of fused-ring (bicyclic) bond motifs is 1. The van der Waals surface area contributed by atoms with Crippen molar-refractivity contribution in [2.75, 3.05) is 44.2 Å². The first-order valence-electron chi connectivity index (χ1n) is 10.7. The van der Waals surface area contributed by atoms with E-state index in [4.69, 9.17) is 0 Å². The van der Waals surface area contributed by atoms with E-state index < -0.39 is 10.0 Å². The molecule has 5 heterocycles. The van der Waals surface area contributed by atoms with E-state index >= 15 is 0 Å². The van der Waals surface area contributed by atoms with Crippen molar-refractivity contribution < 1.29 is 13.2 Å². The summed E-state index contributed by atoms with van der Waals surface area (Å²) in [6, 6.07) is 5.42. The molecule has 3 aromatic heterocycles. The second-order valence-electron chi connectivity index (χ2n) is 8.33. The highest BCUT2D eigenvalue weighted by Crippen LogP contribution is 2.25. The van der Waals surface area contributed by atoms with E-state index in [0.717, 1.165) is 31.7 Å². The quantitative estimate of drug-likeness (QED) is 0.550. The first kappa shape index (κ1) is 20.9. The number of piperidine rings is 1. The van der Waals surface area contributed by atoms with Gasteiger partial charge in [0.2, 0.25) is 15.9 Å². The molecule has 0 aliphatic carbocycles. The molecule has 1 amide bonds. The van der Waals surface area contributed by atoms with Crippen molar-refractivity contribution in [3.05, 3.63) is 36.9 Å². The number of amides is 1. The van der Waals surface area contributed by atoms with E-state index in [1.807, 2.05) is 17.0 Å². The van der Waals surface area contributed by atoms with Gasteiger partial charge in [0.05, 0.1) is 4.90 Å². The molecule has 12 heteroatoms. The molecule has 0 N–H and O–H groups in total. The monoisotopic (exact) mass is 458 g/mol. The fraction of sp³-hybridized carbons (Fsp3) is 0.500. The average molecular weight is 459 g/mol. The second kappa shape index (κ2) is 8.17.